The number of carbonyl (C=O) groups is 2. The molecule has 3 unspecified atom stereocenters. The Morgan fingerprint density at radius 1 is 1.39 bits per heavy atom. The lowest BCUT2D eigenvalue weighted by atomic mass is 9.94. The third kappa shape index (κ3) is 5.25. The van der Waals surface area contributed by atoms with Crippen LogP contribution in [0.25, 0.3) is 0 Å². The van der Waals surface area contributed by atoms with Gasteiger partial charge in [-0.2, -0.15) is 0 Å². The zero-order valence-electron chi connectivity index (χ0n) is 13.8. The SMILES string of the molecule is CC(C)C(NC(=O)c1ccco1)C(=O)NC1CNCCC1C.Cl. The van der Waals surface area contributed by atoms with Crippen molar-refractivity contribution in [1.82, 2.24) is 16.0 Å². The molecule has 1 aromatic heterocycles. The maximum absolute atomic E-state index is 12.5. The average molecular weight is 344 g/mol. The first-order chi connectivity index (χ1) is 10.5. The van der Waals surface area contributed by atoms with E-state index in [1.807, 2.05) is 13.8 Å². The van der Waals surface area contributed by atoms with Crippen molar-refractivity contribution in [3.8, 4) is 0 Å². The lowest BCUT2D eigenvalue weighted by Gasteiger charge is -2.32. The minimum absolute atomic E-state index is 0. The van der Waals surface area contributed by atoms with Gasteiger partial charge in [0, 0.05) is 12.6 Å². The summed E-state index contributed by atoms with van der Waals surface area (Å²) < 4.78 is 5.07. The van der Waals surface area contributed by atoms with Crippen LogP contribution in [0.1, 0.15) is 37.7 Å². The van der Waals surface area contributed by atoms with E-state index in [1.165, 1.54) is 6.26 Å². The Labute approximate surface area is 143 Å². The van der Waals surface area contributed by atoms with Gasteiger partial charge in [0.05, 0.1) is 6.26 Å². The summed E-state index contributed by atoms with van der Waals surface area (Å²) in [4.78, 5) is 24.6. The lowest BCUT2D eigenvalue weighted by molar-refractivity contribution is -0.125. The molecule has 1 saturated heterocycles. The highest BCUT2D eigenvalue weighted by molar-refractivity contribution is 5.95. The summed E-state index contributed by atoms with van der Waals surface area (Å²) in [5.74, 6) is 0.125. The molecule has 0 bridgehead atoms. The van der Waals surface area contributed by atoms with E-state index < -0.39 is 6.04 Å². The molecule has 0 spiro atoms. The maximum atomic E-state index is 12.5. The molecule has 0 saturated carbocycles. The van der Waals surface area contributed by atoms with Crippen LogP contribution in [0.3, 0.4) is 0 Å². The van der Waals surface area contributed by atoms with Crippen LogP contribution in [0.2, 0.25) is 0 Å². The van der Waals surface area contributed by atoms with Gasteiger partial charge >= 0.3 is 0 Å². The number of halogens is 1. The fourth-order valence-electron chi connectivity index (χ4n) is 2.61. The molecule has 1 aromatic rings. The second-order valence-electron chi connectivity index (χ2n) is 6.26. The van der Waals surface area contributed by atoms with Gasteiger partial charge in [-0.05, 0) is 36.9 Å². The van der Waals surface area contributed by atoms with Gasteiger partial charge in [-0.3, -0.25) is 9.59 Å². The van der Waals surface area contributed by atoms with E-state index >= 15 is 0 Å². The minimum atomic E-state index is -0.577. The van der Waals surface area contributed by atoms with E-state index in [2.05, 4.69) is 22.9 Å². The van der Waals surface area contributed by atoms with Crippen LogP contribution < -0.4 is 16.0 Å². The first-order valence-corrected chi connectivity index (χ1v) is 7.84. The maximum Gasteiger partial charge on any atom is 0.287 e. The molecule has 2 amide bonds. The standard InChI is InChI=1S/C16H25N3O3.ClH/c1-10(2)14(19-15(20)13-5-4-8-22-13)16(21)18-12-9-17-7-6-11(12)3;/h4-5,8,10-12,14,17H,6-7,9H2,1-3H3,(H,18,21)(H,19,20);1H. The highest BCUT2D eigenvalue weighted by Crippen LogP contribution is 2.12. The number of piperidine rings is 1. The summed E-state index contributed by atoms with van der Waals surface area (Å²) in [6.07, 6.45) is 2.48. The quantitative estimate of drug-likeness (QED) is 0.757. The Morgan fingerprint density at radius 3 is 2.70 bits per heavy atom. The van der Waals surface area contributed by atoms with Crippen LogP contribution in [0.15, 0.2) is 22.8 Å². The van der Waals surface area contributed by atoms with Crippen molar-refractivity contribution in [3.63, 3.8) is 0 Å². The number of furan rings is 1. The van der Waals surface area contributed by atoms with E-state index in [9.17, 15) is 9.59 Å². The highest BCUT2D eigenvalue weighted by Gasteiger charge is 2.29. The Kier molecular flexibility index (Phi) is 7.58. The summed E-state index contributed by atoms with van der Waals surface area (Å²) in [5.41, 5.74) is 0. The summed E-state index contributed by atoms with van der Waals surface area (Å²) in [6.45, 7) is 7.71. The van der Waals surface area contributed by atoms with E-state index in [0.717, 1.165) is 19.5 Å². The van der Waals surface area contributed by atoms with Crippen molar-refractivity contribution in [3.05, 3.63) is 24.2 Å². The zero-order chi connectivity index (χ0) is 16.1. The van der Waals surface area contributed by atoms with Crippen molar-refractivity contribution in [2.75, 3.05) is 13.1 Å². The third-order valence-electron chi connectivity index (χ3n) is 4.14. The largest absolute Gasteiger partial charge is 0.459 e. The van der Waals surface area contributed by atoms with Crippen LogP contribution in [0, 0.1) is 11.8 Å². The van der Waals surface area contributed by atoms with E-state index in [0.29, 0.717) is 5.92 Å². The Morgan fingerprint density at radius 2 is 2.13 bits per heavy atom. The van der Waals surface area contributed by atoms with Gasteiger partial charge in [0.2, 0.25) is 5.91 Å². The lowest BCUT2D eigenvalue weighted by Crippen LogP contribution is -2.56. The first kappa shape index (κ1) is 19.5. The van der Waals surface area contributed by atoms with Crippen LogP contribution in [0.5, 0.6) is 0 Å². The molecule has 23 heavy (non-hydrogen) atoms. The summed E-state index contributed by atoms with van der Waals surface area (Å²) in [6, 6.07) is 2.75. The van der Waals surface area contributed by atoms with E-state index in [4.69, 9.17) is 4.42 Å². The highest BCUT2D eigenvalue weighted by atomic mass is 35.5. The number of amides is 2. The van der Waals surface area contributed by atoms with Crippen LogP contribution in [-0.2, 0) is 4.79 Å². The van der Waals surface area contributed by atoms with Crippen molar-refractivity contribution in [2.45, 2.75) is 39.3 Å². The topological polar surface area (TPSA) is 83.4 Å². The monoisotopic (exact) mass is 343 g/mol. The second-order valence-corrected chi connectivity index (χ2v) is 6.26. The molecule has 2 rings (SSSR count). The average Bonchev–Trinajstić information content (AvgIpc) is 3.00. The molecule has 3 N–H and O–H groups in total. The smallest absolute Gasteiger partial charge is 0.287 e. The Balaban J connectivity index is 0.00000264. The van der Waals surface area contributed by atoms with Gasteiger partial charge in [-0.15, -0.1) is 12.4 Å². The van der Waals surface area contributed by atoms with Crippen LogP contribution in [0.4, 0.5) is 0 Å². The van der Waals surface area contributed by atoms with Crippen molar-refractivity contribution in [1.29, 1.82) is 0 Å². The molecular weight excluding hydrogens is 318 g/mol. The second kappa shape index (κ2) is 8.93. The third-order valence-corrected chi connectivity index (χ3v) is 4.14. The number of hydrogen-bond acceptors (Lipinski definition) is 4. The van der Waals surface area contributed by atoms with Crippen LogP contribution >= 0.6 is 12.4 Å². The predicted octanol–water partition coefficient (Wildman–Crippen LogP) is 1.57. The summed E-state index contributed by atoms with van der Waals surface area (Å²) in [5, 5.41) is 9.10. The van der Waals surface area contributed by atoms with E-state index in [1.54, 1.807) is 12.1 Å². The molecule has 7 heteroatoms. The van der Waals surface area contributed by atoms with E-state index in [-0.39, 0.29) is 41.9 Å². The molecule has 1 fully saturated rings. The van der Waals surface area contributed by atoms with Crippen molar-refractivity contribution < 1.29 is 14.0 Å². The Bertz CT molecular complexity index is 505. The molecular formula is C16H26ClN3O3. The molecule has 3 atom stereocenters. The minimum Gasteiger partial charge on any atom is -0.459 e. The Hall–Kier alpha value is -1.53. The molecule has 130 valence electrons. The normalized spacial score (nSPS) is 22.1. The van der Waals surface area contributed by atoms with Crippen LogP contribution in [-0.4, -0.2) is 37.0 Å². The molecule has 6 nitrogen and oxygen atoms in total. The molecule has 2 heterocycles. The van der Waals surface area contributed by atoms with Crippen molar-refractivity contribution in [2.24, 2.45) is 11.8 Å². The predicted molar refractivity (Wildman–Crippen MR) is 90.6 cm³/mol. The van der Waals surface area contributed by atoms with Gasteiger partial charge in [-0.1, -0.05) is 20.8 Å². The molecule has 0 radical (unpaired) electrons. The number of carbonyl (C=O) groups excluding carboxylic acids is 2. The van der Waals surface area contributed by atoms with Gasteiger partial charge < -0.3 is 20.4 Å². The van der Waals surface area contributed by atoms with Gasteiger partial charge in [-0.25, -0.2) is 0 Å². The van der Waals surface area contributed by atoms with Crippen molar-refractivity contribution >= 4 is 24.2 Å². The molecule has 0 aliphatic carbocycles. The molecule has 0 aromatic carbocycles. The molecule has 1 aliphatic rings. The van der Waals surface area contributed by atoms with Gasteiger partial charge in [0.15, 0.2) is 5.76 Å². The first-order valence-electron chi connectivity index (χ1n) is 7.84. The number of hydrogen-bond donors (Lipinski definition) is 3. The number of nitrogens with one attached hydrogen (secondary N) is 3. The number of rotatable bonds is 5. The zero-order valence-corrected chi connectivity index (χ0v) is 14.6. The fourth-order valence-corrected chi connectivity index (χ4v) is 2.61. The van der Waals surface area contributed by atoms with Gasteiger partial charge in [0.1, 0.15) is 6.04 Å². The van der Waals surface area contributed by atoms with Gasteiger partial charge in [0.25, 0.3) is 5.91 Å². The summed E-state index contributed by atoms with van der Waals surface area (Å²) >= 11 is 0. The summed E-state index contributed by atoms with van der Waals surface area (Å²) in [7, 11) is 0. The fraction of sp³-hybridized carbons (Fsp3) is 0.625. The molecule has 1 aliphatic heterocycles.